The summed E-state index contributed by atoms with van der Waals surface area (Å²) in [7, 11) is 0. The Kier molecular flexibility index (Phi) is 6.72. The van der Waals surface area contributed by atoms with Crippen LogP contribution in [-0.4, -0.2) is 37.2 Å². The highest BCUT2D eigenvalue weighted by molar-refractivity contribution is 5.78. The average molecular weight is 303 g/mol. The molecule has 1 aromatic rings. The maximum Gasteiger partial charge on any atom is 0.191 e. The molecule has 4 nitrogen and oxygen atoms in total. The first kappa shape index (κ1) is 16.8. The number of benzene rings is 1. The van der Waals surface area contributed by atoms with E-state index in [1.807, 2.05) is 6.07 Å². The van der Waals surface area contributed by atoms with Crippen molar-refractivity contribution in [2.75, 3.05) is 26.3 Å². The fraction of sp³-hybridized carbons (Fsp3) is 0.611. The molecule has 0 saturated carbocycles. The van der Waals surface area contributed by atoms with Gasteiger partial charge >= 0.3 is 0 Å². The quantitative estimate of drug-likeness (QED) is 0.648. The number of hydrogen-bond donors (Lipinski definition) is 1. The molecule has 1 unspecified atom stereocenters. The van der Waals surface area contributed by atoms with Crippen molar-refractivity contribution in [1.29, 1.82) is 0 Å². The molecule has 4 heteroatoms. The molecule has 122 valence electrons. The van der Waals surface area contributed by atoms with Gasteiger partial charge in [-0.2, -0.15) is 0 Å². The Morgan fingerprint density at radius 3 is 2.45 bits per heavy atom. The van der Waals surface area contributed by atoms with Gasteiger partial charge in [-0.1, -0.05) is 30.3 Å². The van der Waals surface area contributed by atoms with Gasteiger partial charge in [-0.05, 0) is 44.6 Å². The predicted molar refractivity (Wildman–Crippen MR) is 91.9 cm³/mol. The van der Waals surface area contributed by atoms with Gasteiger partial charge in [0.15, 0.2) is 5.96 Å². The van der Waals surface area contributed by atoms with E-state index in [1.165, 1.54) is 5.56 Å². The van der Waals surface area contributed by atoms with Crippen LogP contribution in [0, 0.1) is 5.92 Å². The average Bonchev–Trinajstić information content (AvgIpc) is 2.57. The summed E-state index contributed by atoms with van der Waals surface area (Å²) in [6.07, 6.45) is 3.31. The third-order valence-corrected chi connectivity index (χ3v) is 4.46. The molecule has 0 amide bonds. The lowest BCUT2D eigenvalue weighted by Crippen LogP contribution is -2.37. The van der Waals surface area contributed by atoms with E-state index < -0.39 is 0 Å². The normalized spacial score (nSPS) is 18.2. The lowest BCUT2D eigenvalue weighted by Gasteiger charge is -2.27. The van der Waals surface area contributed by atoms with Gasteiger partial charge in [0.25, 0.3) is 0 Å². The summed E-state index contributed by atoms with van der Waals surface area (Å²) in [6, 6.07) is 10.7. The second kappa shape index (κ2) is 8.79. The topological polar surface area (TPSA) is 50.8 Å². The van der Waals surface area contributed by atoms with Crippen LogP contribution in [0.3, 0.4) is 0 Å². The number of nitrogens with two attached hydrogens (primary N) is 1. The molecule has 0 radical (unpaired) electrons. The lowest BCUT2D eigenvalue weighted by molar-refractivity contribution is 0.0619. The monoisotopic (exact) mass is 303 g/mol. The Hall–Kier alpha value is -1.55. The number of aliphatic imine (C=N–C) groups is 1. The Labute approximate surface area is 134 Å². The van der Waals surface area contributed by atoms with E-state index >= 15 is 0 Å². The highest BCUT2D eigenvalue weighted by atomic mass is 16.5. The van der Waals surface area contributed by atoms with E-state index in [9.17, 15) is 0 Å². The number of guanidine groups is 1. The molecule has 1 fully saturated rings. The van der Waals surface area contributed by atoms with Gasteiger partial charge in [-0.15, -0.1) is 0 Å². The van der Waals surface area contributed by atoms with E-state index in [1.54, 1.807) is 0 Å². The molecule has 0 aromatic heterocycles. The number of ether oxygens (including phenoxy) is 1. The summed E-state index contributed by atoms with van der Waals surface area (Å²) < 4.78 is 5.47. The summed E-state index contributed by atoms with van der Waals surface area (Å²) in [5.74, 6) is 1.33. The second-order valence-corrected chi connectivity index (χ2v) is 5.88. The molecule has 0 aliphatic carbocycles. The van der Waals surface area contributed by atoms with Gasteiger partial charge < -0.3 is 15.4 Å². The number of hydrogen-bond acceptors (Lipinski definition) is 2. The van der Waals surface area contributed by atoms with Crippen LogP contribution in [-0.2, 0) is 4.74 Å². The van der Waals surface area contributed by atoms with Crippen LogP contribution in [0.5, 0.6) is 0 Å². The summed E-state index contributed by atoms with van der Waals surface area (Å²) in [5, 5.41) is 0. The Bertz CT molecular complexity index is 451. The van der Waals surface area contributed by atoms with Crippen molar-refractivity contribution >= 4 is 5.96 Å². The van der Waals surface area contributed by atoms with Gasteiger partial charge in [0.2, 0.25) is 0 Å². The van der Waals surface area contributed by atoms with Crippen LogP contribution >= 0.6 is 0 Å². The molecular weight excluding hydrogens is 274 g/mol. The van der Waals surface area contributed by atoms with E-state index in [2.05, 4.69) is 43.0 Å². The van der Waals surface area contributed by atoms with Gasteiger partial charge in [-0.25, -0.2) is 4.99 Å². The van der Waals surface area contributed by atoms with Crippen molar-refractivity contribution in [2.24, 2.45) is 16.6 Å². The smallest absolute Gasteiger partial charge is 0.191 e. The Morgan fingerprint density at radius 2 is 1.86 bits per heavy atom. The van der Waals surface area contributed by atoms with Crippen LogP contribution in [0.4, 0.5) is 0 Å². The third-order valence-electron chi connectivity index (χ3n) is 4.46. The maximum absolute atomic E-state index is 6.23. The summed E-state index contributed by atoms with van der Waals surface area (Å²) in [5.41, 5.74) is 7.49. The molecule has 0 spiro atoms. The van der Waals surface area contributed by atoms with Gasteiger partial charge in [0.05, 0.1) is 6.04 Å². The second-order valence-electron chi connectivity index (χ2n) is 5.88. The molecule has 1 aromatic carbocycles. The summed E-state index contributed by atoms with van der Waals surface area (Å²) in [6.45, 7) is 7.77. The molecule has 2 N–H and O–H groups in total. The van der Waals surface area contributed by atoms with Crippen molar-refractivity contribution in [3.63, 3.8) is 0 Å². The zero-order valence-electron chi connectivity index (χ0n) is 13.9. The first-order valence-electron chi connectivity index (χ1n) is 8.45. The van der Waals surface area contributed by atoms with Crippen molar-refractivity contribution in [1.82, 2.24) is 4.90 Å². The standard InChI is InChI=1S/C18H29N3O/c1-3-21(4-2)18(19)20-17(16-8-6-5-7-9-16)14-15-10-12-22-13-11-15/h5-9,15,17H,3-4,10-14H2,1-2H3,(H2,19,20). The highest BCUT2D eigenvalue weighted by Crippen LogP contribution is 2.30. The molecule has 0 bridgehead atoms. The van der Waals surface area contributed by atoms with E-state index in [0.717, 1.165) is 45.6 Å². The molecular formula is C18H29N3O. The number of nitrogens with zero attached hydrogens (tertiary/aromatic N) is 2. The van der Waals surface area contributed by atoms with E-state index in [0.29, 0.717) is 11.9 Å². The third kappa shape index (κ3) is 4.73. The zero-order chi connectivity index (χ0) is 15.8. The first-order valence-corrected chi connectivity index (χ1v) is 8.45. The van der Waals surface area contributed by atoms with E-state index in [4.69, 9.17) is 15.5 Å². The van der Waals surface area contributed by atoms with Gasteiger partial charge in [0, 0.05) is 26.3 Å². The van der Waals surface area contributed by atoms with Gasteiger partial charge in [-0.3, -0.25) is 0 Å². The first-order chi connectivity index (χ1) is 10.7. The summed E-state index contributed by atoms with van der Waals surface area (Å²) in [4.78, 5) is 6.97. The fourth-order valence-corrected chi connectivity index (χ4v) is 3.03. The Morgan fingerprint density at radius 1 is 1.23 bits per heavy atom. The molecule has 1 aliphatic rings. The Balaban J connectivity index is 2.15. The van der Waals surface area contributed by atoms with Crippen molar-refractivity contribution in [3.05, 3.63) is 35.9 Å². The maximum atomic E-state index is 6.23. The molecule has 1 heterocycles. The van der Waals surface area contributed by atoms with Crippen LogP contribution in [0.2, 0.25) is 0 Å². The van der Waals surface area contributed by atoms with E-state index in [-0.39, 0.29) is 6.04 Å². The highest BCUT2D eigenvalue weighted by Gasteiger charge is 2.21. The SMILES string of the molecule is CCN(CC)C(N)=NC(CC1CCOCC1)c1ccccc1. The largest absolute Gasteiger partial charge is 0.381 e. The molecule has 1 aliphatic heterocycles. The van der Waals surface area contributed by atoms with Crippen LogP contribution in [0.15, 0.2) is 35.3 Å². The van der Waals surface area contributed by atoms with Crippen molar-refractivity contribution in [3.8, 4) is 0 Å². The van der Waals surface area contributed by atoms with Crippen molar-refractivity contribution < 1.29 is 4.74 Å². The fourth-order valence-electron chi connectivity index (χ4n) is 3.03. The van der Waals surface area contributed by atoms with Crippen molar-refractivity contribution in [2.45, 2.75) is 39.2 Å². The molecule has 1 atom stereocenters. The molecule has 2 rings (SSSR count). The van der Waals surface area contributed by atoms with Crippen LogP contribution < -0.4 is 5.73 Å². The molecule has 22 heavy (non-hydrogen) atoms. The minimum absolute atomic E-state index is 0.143. The number of rotatable bonds is 6. The minimum atomic E-state index is 0.143. The summed E-state index contributed by atoms with van der Waals surface area (Å²) >= 11 is 0. The predicted octanol–water partition coefficient (Wildman–Crippen LogP) is 3.20. The zero-order valence-corrected chi connectivity index (χ0v) is 13.9. The lowest BCUT2D eigenvalue weighted by atomic mass is 9.90. The van der Waals surface area contributed by atoms with Crippen LogP contribution in [0.25, 0.3) is 0 Å². The van der Waals surface area contributed by atoms with Crippen LogP contribution in [0.1, 0.15) is 44.7 Å². The minimum Gasteiger partial charge on any atom is -0.381 e. The molecule has 1 saturated heterocycles. The van der Waals surface area contributed by atoms with Gasteiger partial charge in [0.1, 0.15) is 0 Å².